The number of morpholine rings is 1. The molecule has 0 bridgehead atoms. The molecule has 1 aliphatic rings. The molecule has 4 aromatic rings. The maximum absolute atomic E-state index is 13.6. The summed E-state index contributed by atoms with van der Waals surface area (Å²) < 4.78 is 40.2. The molecule has 2 aromatic carbocycles. The second-order valence-corrected chi connectivity index (χ2v) is 12.9. The van der Waals surface area contributed by atoms with Crippen LogP contribution in [-0.2, 0) is 14.8 Å². The highest BCUT2D eigenvalue weighted by atomic mass is 79.9. The third kappa shape index (κ3) is 5.83. The monoisotopic (exact) mass is 647 g/mol. The van der Waals surface area contributed by atoms with Crippen LogP contribution in [0.3, 0.4) is 0 Å². The molecule has 1 fully saturated rings. The van der Waals surface area contributed by atoms with Crippen molar-refractivity contribution < 1.29 is 27.3 Å². The minimum Gasteiger partial charge on any atom is -0.400 e. The summed E-state index contributed by atoms with van der Waals surface area (Å²) in [7, 11) is -3.80. The Morgan fingerprint density at radius 3 is 2.52 bits per heavy atom. The highest BCUT2D eigenvalue weighted by molar-refractivity contribution is 9.10. The zero-order valence-corrected chi connectivity index (χ0v) is 24.3. The predicted octanol–water partition coefficient (Wildman–Crippen LogP) is 5.04. The number of ether oxygens (including phenoxy) is 1. The number of hydrogen-bond acceptors (Lipinski definition) is 10. The molecule has 5 rings (SSSR count). The van der Waals surface area contributed by atoms with E-state index in [9.17, 15) is 23.3 Å². The smallest absolute Gasteiger partial charge is 0.400 e. The van der Waals surface area contributed by atoms with Gasteiger partial charge >= 0.3 is 5.88 Å². The first-order valence-electron chi connectivity index (χ1n) is 12.0. The van der Waals surface area contributed by atoms with Crippen LogP contribution in [-0.4, -0.2) is 60.0 Å². The molecule has 2 atom stereocenters. The van der Waals surface area contributed by atoms with Gasteiger partial charge in [-0.3, -0.25) is 14.9 Å². The van der Waals surface area contributed by atoms with Crippen molar-refractivity contribution in [2.45, 2.75) is 31.0 Å². The lowest BCUT2D eigenvalue weighted by Gasteiger charge is -2.34. The number of anilines is 1. The van der Waals surface area contributed by atoms with E-state index in [-0.39, 0.29) is 46.6 Å². The maximum Gasteiger partial charge on any atom is 0.433 e. The lowest BCUT2D eigenvalue weighted by Crippen LogP contribution is -2.48. The van der Waals surface area contributed by atoms with E-state index in [1.807, 2.05) is 26.0 Å². The number of carbonyl (C=O) groups is 1. The van der Waals surface area contributed by atoms with Crippen LogP contribution in [0.25, 0.3) is 10.2 Å². The standard InChI is InChI=1S/C25H22BrN5O7S2/c1-15-13-29(14-16(2)37-15)40(35,36)20-7-3-17(4-8-20)24(32)30(27-12-19-6-10-23(38-19)31(33)34)25-28-21-9-5-18(26)11-22(21)39-25/h3-12,15-16H,13-14H2,1-2H3/b27-12+. The number of hydrogen-bond donors (Lipinski definition) is 0. The molecule has 0 saturated carbocycles. The van der Waals surface area contributed by atoms with Crippen molar-refractivity contribution >= 4 is 70.6 Å². The van der Waals surface area contributed by atoms with Crippen molar-refractivity contribution in [3.63, 3.8) is 0 Å². The number of nitro groups is 1. The third-order valence-electron chi connectivity index (χ3n) is 5.93. The van der Waals surface area contributed by atoms with Crippen LogP contribution in [0.2, 0.25) is 0 Å². The Kier molecular flexibility index (Phi) is 7.83. The summed E-state index contributed by atoms with van der Waals surface area (Å²) in [5, 5.41) is 16.5. The molecule has 3 heterocycles. The Morgan fingerprint density at radius 1 is 1.18 bits per heavy atom. The van der Waals surface area contributed by atoms with Gasteiger partial charge in [0.05, 0.1) is 39.6 Å². The second kappa shape index (κ2) is 11.2. The van der Waals surface area contributed by atoms with Crippen molar-refractivity contribution in [3.8, 4) is 0 Å². The van der Waals surface area contributed by atoms with Crippen molar-refractivity contribution in [3.05, 3.63) is 80.5 Å². The van der Waals surface area contributed by atoms with E-state index in [4.69, 9.17) is 9.15 Å². The molecule has 1 amide bonds. The predicted molar refractivity (Wildman–Crippen MR) is 152 cm³/mol. The van der Waals surface area contributed by atoms with Gasteiger partial charge in [-0.1, -0.05) is 27.3 Å². The van der Waals surface area contributed by atoms with Gasteiger partial charge in [0.25, 0.3) is 5.91 Å². The highest BCUT2D eigenvalue weighted by Crippen LogP contribution is 2.32. The van der Waals surface area contributed by atoms with Gasteiger partial charge in [0.15, 0.2) is 5.76 Å². The summed E-state index contributed by atoms with van der Waals surface area (Å²) in [5.74, 6) is -0.998. The first kappa shape index (κ1) is 28.0. The molecule has 12 nitrogen and oxygen atoms in total. The number of amides is 1. The van der Waals surface area contributed by atoms with E-state index < -0.39 is 26.7 Å². The van der Waals surface area contributed by atoms with Crippen molar-refractivity contribution in [1.82, 2.24) is 9.29 Å². The zero-order chi connectivity index (χ0) is 28.6. The maximum atomic E-state index is 13.6. The molecular formula is C25H22BrN5O7S2. The Balaban J connectivity index is 1.46. The first-order valence-corrected chi connectivity index (χ1v) is 15.0. The van der Waals surface area contributed by atoms with E-state index in [0.717, 1.165) is 14.2 Å². The SMILES string of the molecule is CC1CN(S(=O)(=O)c2ccc(C(=O)N(/N=C/c3ccc([N+](=O)[O-])o3)c3nc4ccc(Br)cc4s3)cc2)CC(C)O1. The molecule has 1 aliphatic heterocycles. The minimum atomic E-state index is -3.80. The summed E-state index contributed by atoms with van der Waals surface area (Å²) in [4.78, 5) is 28.5. The van der Waals surface area contributed by atoms with E-state index in [1.54, 1.807) is 6.07 Å². The Hall–Kier alpha value is -3.50. The van der Waals surface area contributed by atoms with Crippen LogP contribution in [0.5, 0.6) is 0 Å². The largest absolute Gasteiger partial charge is 0.433 e. The molecule has 208 valence electrons. The molecule has 15 heteroatoms. The minimum absolute atomic E-state index is 0.0492. The number of sulfonamides is 1. The summed E-state index contributed by atoms with van der Waals surface area (Å²) >= 11 is 4.63. The van der Waals surface area contributed by atoms with E-state index >= 15 is 0 Å². The fourth-order valence-corrected chi connectivity index (χ4v) is 7.22. The number of furan rings is 1. The lowest BCUT2D eigenvalue weighted by molar-refractivity contribution is -0.402. The first-order chi connectivity index (χ1) is 19.0. The summed E-state index contributed by atoms with van der Waals surface area (Å²) in [6.45, 7) is 4.09. The fourth-order valence-electron chi connectivity index (χ4n) is 4.16. The van der Waals surface area contributed by atoms with Gasteiger partial charge in [-0.05, 0) is 62.4 Å². The average molecular weight is 649 g/mol. The van der Waals surface area contributed by atoms with Crippen LogP contribution in [0.1, 0.15) is 30.0 Å². The van der Waals surface area contributed by atoms with Crippen molar-refractivity contribution in [2.24, 2.45) is 5.10 Å². The number of thiazole rings is 1. The van der Waals surface area contributed by atoms with Gasteiger partial charge in [0.2, 0.25) is 15.2 Å². The van der Waals surface area contributed by atoms with Crippen molar-refractivity contribution in [2.75, 3.05) is 18.1 Å². The van der Waals surface area contributed by atoms with Crippen LogP contribution in [0.4, 0.5) is 11.0 Å². The number of rotatable bonds is 7. The van der Waals surface area contributed by atoms with E-state index in [0.29, 0.717) is 5.52 Å². The molecule has 1 saturated heterocycles. The topological polar surface area (TPSA) is 148 Å². The van der Waals surface area contributed by atoms with Gasteiger partial charge in [-0.2, -0.15) is 14.4 Å². The molecule has 0 N–H and O–H groups in total. The van der Waals surface area contributed by atoms with Crippen molar-refractivity contribution in [1.29, 1.82) is 0 Å². The van der Waals surface area contributed by atoms with E-state index in [1.165, 1.54) is 58.3 Å². The van der Waals surface area contributed by atoms with Gasteiger partial charge in [0.1, 0.15) is 4.92 Å². The van der Waals surface area contributed by atoms with Crippen LogP contribution in [0, 0.1) is 10.1 Å². The molecule has 2 unspecified atom stereocenters. The van der Waals surface area contributed by atoms with Crippen LogP contribution >= 0.6 is 27.3 Å². The molecule has 0 radical (unpaired) electrons. The molecule has 40 heavy (non-hydrogen) atoms. The fraction of sp³-hybridized carbons (Fsp3) is 0.240. The third-order valence-corrected chi connectivity index (χ3v) is 9.26. The Morgan fingerprint density at radius 2 is 1.88 bits per heavy atom. The lowest BCUT2D eigenvalue weighted by atomic mass is 10.2. The second-order valence-electron chi connectivity index (χ2n) is 9.01. The van der Waals surface area contributed by atoms with E-state index in [2.05, 4.69) is 26.0 Å². The molecule has 0 spiro atoms. The quantitative estimate of drug-likeness (QED) is 0.154. The Labute approximate surface area is 241 Å². The number of aromatic nitrogens is 1. The van der Waals surface area contributed by atoms with Gasteiger partial charge in [0, 0.05) is 23.1 Å². The molecule has 0 aliphatic carbocycles. The number of hydrazone groups is 1. The van der Waals surface area contributed by atoms with Gasteiger partial charge < -0.3 is 9.15 Å². The summed E-state index contributed by atoms with van der Waals surface area (Å²) in [5.41, 5.74) is 0.797. The summed E-state index contributed by atoms with van der Waals surface area (Å²) in [6, 6.07) is 13.6. The molecule has 2 aromatic heterocycles. The number of nitrogens with zero attached hydrogens (tertiary/aromatic N) is 5. The summed E-state index contributed by atoms with van der Waals surface area (Å²) in [6.07, 6.45) is 0.693. The average Bonchev–Trinajstić information content (AvgIpc) is 3.55. The Bertz CT molecular complexity index is 1710. The number of carbonyl (C=O) groups excluding carboxylic acids is 1. The highest BCUT2D eigenvalue weighted by Gasteiger charge is 2.32. The van der Waals surface area contributed by atoms with Crippen LogP contribution < -0.4 is 5.01 Å². The zero-order valence-electron chi connectivity index (χ0n) is 21.1. The van der Waals surface area contributed by atoms with Gasteiger partial charge in [-0.15, -0.1) is 0 Å². The normalized spacial score (nSPS) is 18.4. The van der Waals surface area contributed by atoms with Gasteiger partial charge in [-0.25, -0.2) is 13.4 Å². The number of halogens is 1. The number of fused-ring (bicyclic) bond motifs is 1. The molecular weight excluding hydrogens is 626 g/mol. The van der Waals surface area contributed by atoms with Crippen LogP contribution in [0.15, 0.2) is 73.5 Å². The number of benzene rings is 2.